The van der Waals surface area contributed by atoms with E-state index in [2.05, 4.69) is 6.07 Å². The summed E-state index contributed by atoms with van der Waals surface area (Å²) in [5, 5.41) is 9.82. The van der Waals surface area contributed by atoms with E-state index < -0.39 is 6.04 Å². The van der Waals surface area contributed by atoms with Crippen LogP contribution < -0.4 is 10.5 Å². The minimum Gasteiger partial charge on any atom is -0.468 e. The van der Waals surface area contributed by atoms with Gasteiger partial charge in [-0.15, -0.1) is 0 Å². The van der Waals surface area contributed by atoms with Crippen molar-refractivity contribution >= 4 is 23.2 Å². The number of nitrogen functional groups attached to an aromatic ring is 1. The molecular formula is C20H20ClN3O3. The Labute approximate surface area is 163 Å². The van der Waals surface area contributed by atoms with Crippen LogP contribution >= 0.6 is 11.6 Å². The molecule has 1 unspecified atom stereocenters. The number of ether oxygens (including phenoxy) is 2. The van der Waals surface area contributed by atoms with Gasteiger partial charge in [-0.3, -0.25) is 4.79 Å². The molecule has 0 aromatic heterocycles. The van der Waals surface area contributed by atoms with E-state index in [0.717, 1.165) is 5.56 Å². The first-order valence-electron chi connectivity index (χ1n) is 8.62. The van der Waals surface area contributed by atoms with Crippen molar-refractivity contribution in [3.8, 4) is 11.8 Å². The average Bonchev–Trinajstić information content (AvgIpc) is 3.02. The lowest BCUT2D eigenvalue weighted by Gasteiger charge is -2.26. The third kappa shape index (κ3) is 3.85. The van der Waals surface area contributed by atoms with E-state index in [1.807, 2.05) is 25.1 Å². The predicted molar refractivity (Wildman–Crippen MR) is 102 cm³/mol. The molecular weight excluding hydrogens is 366 g/mol. The number of nitriles is 1. The molecule has 0 radical (unpaired) electrons. The van der Waals surface area contributed by atoms with Crippen molar-refractivity contribution in [2.24, 2.45) is 0 Å². The predicted octanol–water partition coefficient (Wildman–Crippen LogP) is 3.91. The fourth-order valence-corrected chi connectivity index (χ4v) is 3.40. The number of carbonyl (C=O) groups excluding carboxylic acids is 1. The van der Waals surface area contributed by atoms with E-state index >= 15 is 0 Å². The van der Waals surface area contributed by atoms with Gasteiger partial charge in [-0.2, -0.15) is 5.26 Å². The summed E-state index contributed by atoms with van der Waals surface area (Å²) in [4.78, 5) is 14.6. The number of halogens is 1. The molecule has 0 aliphatic carbocycles. The number of hydrogen-bond acceptors (Lipinski definition) is 5. The number of fused-ring (bicyclic) bond motifs is 1. The van der Waals surface area contributed by atoms with Crippen LogP contribution in [0.15, 0.2) is 36.4 Å². The highest BCUT2D eigenvalue weighted by atomic mass is 35.5. The van der Waals surface area contributed by atoms with Gasteiger partial charge in [-0.25, -0.2) is 0 Å². The Kier molecular flexibility index (Phi) is 5.84. The lowest BCUT2D eigenvalue weighted by Crippen LogP contribution is -2.29. The molecule has 0 saturated heterocycles. The second-order valence-electron chi connectivity index (χ2n) is 6.13. The number of anilines is 1. The first kappa shape index (κ1) is 19.0. The molecule has 0 fully saturated rings. The molecule has 0 saturated carbocycles. The van der Waals surface area contributed by atoms with Gasteiger partial charge < -0.3 is 20.1 Å². The van der Waals surface area contributed by atoms with Crippen molar-refractivity contribution in [1.82, 2.24) is 4.90 Å². The van der Waals surface area contributed by atoms with Crippen LogP contribution in [0.4, 0.5) is 5.69 Å². The Balaban J connectivity index is 1.90. The summed E-state index contributed by atoms with van der Waals surface area (Å²) in [5.41, 5.74) is 8.32. The Bertz CT molecular complexity index is 895. The van der Waals surface area contributed by atoms with Crippen LogP contribution in [0.3, 0.4) is 0 Å². The van der Waals surface area contributed by atoms with Crippen molar-refractivity contribution in [2.45, 2.75) is 25.9 Å². The molecule has 1 aliphatic rings. The van der Waals surface area contributed by atoms with E-state index in [9.17, 15) is 10.1 Å². The van der Waals surface area contributed by atoms with E-state index in [-0.39, 0.29) is 19.1 Å². The first-order valence-corrected chi connectivity index (χ1v) is 8.99. The summed E-state index contributed by atoms with van der Waals surface area (Å²) in [6.07, 6.45) is 0.145. The Hall–Kier alpha value is -2.75. The molecule has 27 heavy (non-hydrogen) atoms. The van der Waals surface area contributed by atoms with Gasteiger partial charge >= 0.3 is 0 Å². The number of rotatable bonds is 7. The fraction of sp³-hybridized carbons (Fsp3) is 0.300. The van der Waals surface area contributed by atoms with Gasteiger partial charge in [0.25, 0.3) is 5.91 Å². The van der Waals surface area contributed by atoms with Crippen LogP contribution in [0.5, 0.6) is 5.75 Å². The fourth-order valence-electron chi connectivity index (χ4n) is 3.18. The van der Waals surface area contributed by atoms with Gasteiger partial charge in [0.2, 0.25) is 0 Å². The van der Waals surface area contributed by atoms with Gasteiger partial charge in [-0.1, -0.05) is 23.7 Å². The third-order valence-electron chi connectivity index (χ3n) is 4.51. The molecule has 0 spiro atoms. The lowest BCUT2D eigenvalue weighted by atomic mass is 10.0. The number of hydrogen-bond donors (Lipinski definition) is 1. The third-order valence-corrected chi connectivity index (χ3v) is 4.86. The largest absolute Gasteiger partial charge is 0.468 e. The van der Waals surface area contributed by atoms with Crippen LogP contribution in [0, 0.1) is 11.3 Å². The highest BCUT2D eigenvalue weighted by Crippen LogP contribution is 2.39. The highest BCUT2D eigenvalue weighted by Gasteiger charge is 2.36. The zero-order valence-corrected chi connectivity index (χ0v) is 15.7. The molecule has 6 nitrogen and oxygen atoms in total. The molecule has 1 aliphatic heterocycles. The lowest BCUT2D eigenvalue weighted by molar-refractivity contribution is 0.0222. The van der Waals surface area contributed by atoms with Crippen LogP contribution in [0.2, 0.25) is 5.02 Å². The van der Waals surface area contributed by atoms with E-state index in [4.69, 9.17) is 26.8 Å². The molecule has 2 N–H and O–H groups in total. The first-order chi connectivity index (χ1) is 13.1. The topological polar surface area (TPSA) is 88.6 Å². The highest BCUT2D eigenvalue weighted by molar-refractivity contribution is 6.32. The molecule has 1 atom stereocenters. The maximum Gasteiger partial charge on any atom is 0.257 e. The number of benzene rings is 2. The zero-order valence-electron chi connectivity index (χ0n) is 14.9. The summed E-state index contributed by atoms with van der Waals surface area (Å²) in [5.74, 6) is 0.400. The minimum absolute atomic E-state index is 0.142. The van der Waals surface area contributed by atoms with Crippen molar-refractivity contribution < 1.29 is 14.3 Å². The van der Waals surface area contributed by atoms with Crippen LogP contribution in [0.25, 0.3) is 0 Å². The summed E-state index contributed by atoms with van der Waals surface area (Å²) >= 11 is 6.26. The molecule has 1 amide bonds. The number of carbonyl (C=O) groups is 1. The van der Waals surface area contributed by atoms with Crippen LogP contribution in [-0.4, -0.2) is 24.2 Å². The normalized spacial score (nSPS) is 14.0. The molecule has 3 rings (SSSR count). The van der Waals surface area contributed by atoms with Gasteiger partial charge in [0.1, 0.15) is 5.75 Å². The van der Waals surface area contributed by atoms with Crippen molar-refractivity contribution in [1.29, 1.82) is 5.26 Å². The van der Waals surface area contributed by atoms with Gasteiger partial charge in [-0.05, 0) is 36.8 Å². The Morgan fingerprint density at radius 3 is 2.89 bits per heavy atom. The Morgan fingerprint density at radius 1 is 1.37 bits per heavy atom. The summed E-state index contributed by atoms with van der Waals surface area (Å²) in [6, 6.07) is 12.4. The number of amides is 1. The number of nitrogens with two attached hydrogens (primary N) is 1. The smallest absolute Gasteiger partial charge is 0.257 e. The quantitative estimate of drug-likeness (QED) is 0.443. The Morgan fingerprint density at radius 2 is 2.19 bits per heavy atom. The SMILES string of the molecule is CCOCOc1cccc(C(CC#N)N2Cc3c(Cl)ccc(N)c3C2=O)c1. The summed E-state index contributed by atoms with van der Waals surface area (Å²) < 4.78 is 10.8. The number of nitrogens with zero attached hydrogens (tertiary/aromatic N) is 2. The summed E-state index contributed by atoms with van der Waals surface area (Å²) in [7, 11) is 0. The average molecular weight is 386 g/mol. The zero-order chi connectivity index (χ0) is 19.4. The maximum absolute atomic E-state index is 13.0. The molecule has 140 valence electrons. The second-order valence-corrected chi connectivity index (χ2v) is 6.54. The summed E-state index contributed by atoms with van der Waals surface area (Å²) in [6.45, 7) is 2.90. The van der Waals surface area contributed by atoms with Crippen LogP contribution in [0.1, 0.15) is 40.9 Å². The molecule has 0 bridgehead atoms. The molecule has 7 heteroatoms. The molecule has 1 heterocycles. The van der Waals surface area contributed by atoms with E-state index in [0.29, 0.717) is 40.7 Å². The van der Waals surface area contributed by atoms with E-state index in [1.54, 1.807) is 23.1 Å². The van der Waals surface area contributed by atoms with Crippen molar-refractivity contribution in [3.63, 3.8) is 0 Å². The molecule has 2 aromatic rings. The van der Waals surface area contributed by atoms with Gasteiger partial charge in [0, 0.05) is 29.4 Å². The van der Waals surface area contributed by atoms with E-state index in [1.165, 1.54) is 0 Å². The minimum atomic E-state index is -0.430. The second kappa shape index (κ2) is 8.30. The standard InChI is InChI=1S/C20H20ClN3O3/c1-2-26-12-27-14-5-3-4-13(10-14)18(8-9-22)24-11-15-16(21)6-7-17(23)19(15)20(24)25/h3-7,10,18H,2,8,11-12,23H2,1H3. The monoisotopic (exact) mass is 385 g/mol. The van der Waals surface area contributed by atoms with Crippen molar-refractivity contribution in [2.75, 3.05) is 19.1 Å². The van der Waals surface area contributed by atoms with Gasteiger partial charge in [0.05, 0.1) is 24.1 Å². The molecule has 2 aromatic carbocycles. The van der Waals surface area contributed by atoms with Crippen LogP contribution in [-0.2, 0) is 11.3 Å². The van der Waals surface area contributed by atoms with Gasteiger partial charge in [0.15, 0.2) is 6.79 Å². The maximum atomic E-state index is 13.0. The van der Waals surface area contributed by atoms with Crippen molar-refractivity contribution in [3.05, 3.63) is 58.1 Å².